The minimum absolute atomic E-state index is 0.478. The van der Waals surface area contributed by atoms with Gasteiger partial charge in [-0.1, -0.05) is 17.7 Å². The molecule has 5 nitrogen and oxygen atoms in total. The van der Waals surface area contributed by atoms with E-state index in [-0.39, 0.29) is 0 Å². The lowest BCUT2D eigenvalue weighted by atomic mass is 10.1. The molecule has 2 aromatic heterocycles. The lowest BCUT2D eigenvalue weighted by Crippen LogP contribution is -1.77. The molecule has 0 radical (unpaired) electrons. The summed E-state index contributed by atoms with van der Waals surface area (Å²) in [5.74, 6) is 1.27. The Balaban J connectivity index is 1.81. The fourth-order valence-corrected chi connectivity index (χ4v) is 2.89. The molecular formula is C12H10N4OS2. The van der Waals surface area contributed by atoms with E-state index >= 15 is 0 Å². The number of aryl methyl sites for hydroxylation is 2. The molecule has 0 atom stereocenters. The lowest BCUT2D eigenvalue weighted by molar-refractivity contribution is 0.466. The summed E-state index contributed by atoms with van der Waals surface area (Å²) in [7, 11) is 0. The van der Waals surface area contributed by atoms with Gasteiger partial charge in [0.25, 0.3) is 5.22 Å². The average Bonchev–Trinajstić information content (AvgIpc) is 3.00. The molecule has 0 fully saturated rings. The minimum atomic E-state index is 0.478. The summed E-state index contributed by atoms with van der Waals surface area (Å²) in [6.07, 6.45) is 0. The summed E-state index contributed by atoms with van der Waals surface area (Å²) in [5.41, 5.74) is 2.11. The number of hydrogen-bond acceptors (Lipinski definition) is 7. The smallest absolute Gasteiger partial charge is 0.284 e. The van der Waals surface area contributed by atoms with Crippen molar-refractivity contribution >= 4 is 23.3 Å². The second-order valence-electron chi connectivity index (χ2n) is 3.95. The van der Waals surface area contributed by atoms with Gasteiger partial charge in [-0.3, -0.25) is 0 Å². The number of rotatable bonds is 3. The highest BCUT2D eigenvalue weighted by Gasteiger charge is 2.12. The van der Waals surface area contributed by atoms with E-state index in [1.165, 1.54) is 28.9 Å². The van der Waals surface area contributed by atoms with Crippen molar-refractivity contribution in [3.63, 3.8) is 0 Å². The van der Waals surface area contributed by atoms with Crippen LogP contribution in [0.4, 0.5) is 0 Å². The highest BCUT2D eigenvalue weighted by Crippen LogP contribution is 2.30. The second kappa shape index (κ2) is 5.10. The molecule has 0 amide bonds. The Bertz CT molecular complexity index is 690. The van der Waals surface area contributed by atoms with Gasteiger partial charge in [0.1, 0.15) is 5.82 Å². The molecule has 2 heterocycles. The molecule has 0 unspecified atom stereocenters. The van der Waals surface area contributed by atoms with Gasteiger partial charge in [-0.05, 0) is 37.5 Å². The monoisotopic (exact) mass is 290 g/mol. The first-order valence-corrected chi connectivity index (χ1v) is 7.18. The lowest BCUT2D eigenvalue weighted by Gasteiger charge is -1.94. The molecule has 0 saturated heterocycles. The molecule has 19 heavy (non-hydrogen) atoms. The van der Waals surface area contributed by atoms with Crippen molar-refractivity contribution in [1.82, 2.24) is 19.6 Å². The summed E-state index contributed by atoms with van der Waals surface area (Å²) in [6.45, 7) is 3.89. The number of hydrogen-bond donors (Lipinski definition) is 0. The highest BCUT2D eigenvalue weighted by molar-refractivity contribution is 8.00. The SMILES string of the molecule is Cc1ccc(-c2nnc(Sc3nc(C)ns3)o2)cc1. The van der Waals surface area contributed by atoms with Crippen molar-refractivity contribution in [2.75, 3.05) is 0 Å². The zero-order valence-corrected chi connectivity index (χ0v) is 12.0. The topological polar surface area (TPSA) is 64.7 Å². The molecule has 96 valence electrons. The predicted molar refractivity (Wildman–Crippen MR) is 73.2 cm³/mol. The van der Waals surface area contributed by atoms with Crippen LogP contribution in [-0.4, -0.2) is 19.6 Å². The van der Waals surface area contributed by atoms with Crippen molar-refractivity contribution in [3.8, 4) is 11.5 Å². The first-order valence-electron chi connectivity index (χ1n) is 5.59. The fourth-order valence-electron chi connectivity index (χ4n) is 1.46. The van der Waals surface area contributed by atoms with Crippen LogP contribution in [-0.2, 0) is 0 Å². The van der Waals surface area contributed by atoms with Crippen molar-refractivity contribution in [2.45, 2.75) is 23.4 Å². The standard InChI is InChI=1S/C12H10N4OS2/c1-7-3-5-9(6-4-7)10-14-15-11(17-10)18-12-13-8(2)16-19-12/h3-6H,1-2H3. The molecule has 0 aliphatic heterocycles. The molecule has 0 aliphatic rings. The number of nitrogens with zero attached hydrogens (tertiary/aromatic N) is 4. The Kier molecular flexibility index (Phi) is 3.31. The van der Waals surface area contributed by atoms with Gasteiger partial charge in [-0.15, -0.1) is 10.2 Å². The van der Waals surface area contributed by atoms with Gasteiger partial charge in [0, 0.05) is 17.3 Å². The quantitative estimate of drug-likeness (QED) is 0.737. The van der Waals surface area contributed by atoms with Gasteiger partial charge < -0.3 is 4.42 Å². The van der Waals surface area contributed by atoms with Crippen LogP contribution in [0.5, 0.6) is 0 Å². The Labute approximate surface area is 118 Å². The third-order valence-electron chi connectivity index (χ3n) is 2.39. The molecule has 3 rings (SSSR count). The fraction of sp³-hybridized carbons (Fsp3) is 0.167. The van der Waals surface area contributed by atoms with E-state index in [2.05, 4.69) is 19.6 Å². The summed E-state index contributed by atoms with van der Waals surface area (Å²) in [5, 5.41) is 8.52. The van der Waals surface area contributed by atoms with Crippen LogP contribution >= 0.6 is 23.3 Å². The zero-order chi connectivity index (χ0) is 13.2. The van der Waals surface area contributed by atoms with Crippen LogP contribution in [0.25, 0.3) is 11.5 Å². The van der Waals surface area contributed by atoms with E-state index in [1.54, 1.807) is 0 Å². The first kappa shape index (κ1) is 12.3. The van der Waals surface area contributed by atoms with Crippen molar-refractivity contribution in [3.05, 3.63) is 35.7 Å². The van der Waals surface area contributed by atoms with Gasteiger partial charge in [0.2, 0.25) is 5.89 Å². The minimum Gasteiger partial charge on any atom is -0.411 e. The van der Waals surface area contributed by atoms with Crippen molar-refractivity contribution < 1.29 is 4.42 Å². The van der Waals surface area contributed by atoms with Gasteiger partial charge in [-0.2, -0.15) is 4.37 Å². The molecule has 7 heteroatoms. The van der Waals surface area contributed by atoms with Crippen molar-refractivity contribution in [1.29, 1.82) is 0 Å². The summed E-state index contributed by atoms with van der Waals surface area (Å²) >= 11 is 2.66. The third kappa shape index (κ3) is 2.82. The van der Waals surface area contributed by atoms with Crippen LogP contribution < -0.4 is 0 Å². The van der Waals surface area contributed by atoms with Gasteiger partial charge in [0.05, 0.1) is 0 Å². The molecule has 0 spiro atoms. The van der Waals surface area contributed by atoms with Gasteiger partial charge in [-0.25, -0.2) is 4.98 Å². The maximum atomic E-state index is 5.60. The van der Waals surface area contributed by atoms with E-state index in [9.17, 15) is 0 Å². The number of aromatic nitrogens is 4. The molecule has 3 aromatic rings. The van der Waals surface area contributed by atoms with Crippen molar-refractivity contribution in [2.24, 2.45) is 0 Å². The van der Waals surface area contributed by atoms with E-state index in [4.69, 9.17) is 4.42 Å². The second-order valence-corrected chi connectivity index (χ2v) is 5.90. The number of benzene rings is 1. The maximum Gasteiger partial charge on any atom is 0.284 e. The van der Waals surface area contributed by atoms with Gasteiger partial charge in [0.15, 0.2) is 4.34 Å². The van der Waals surface area contributed by atoms with Crippen LogP contribution in [0.15, 0.2) is 38.2 Å². The highest BCUT2D eigenvalue weighted by atomic mass is 32.2. The molecule has 0 saturated carbocycles. The zero-order valence-electron chi connectivity index (χ0n) is 10.3. The average molecular weight is 290 g/mol. The summed E-state index contributed by atoms with van der Waals surface area (Å²) in [4.78, 5) is 4.24. The van der Waals surface area contributed by atoms with E-state index < -0.39 is 0 Å². The van der Waals surface area contributed by atoms with E-state index in [1.807, 2.05) is 38.1 Å². The Morgan fingerprint density at radius 1 is 1.11 bits per heavy atom. The largest absolute Gasteiger partial charge is 0.411 e. The van der Waals surface area contributed by atoms with Crippen LogP contribution in [0.1, 0.15) is 11.4 Å². The first-order chi connectivity index (χ1) is 9.20. The predicted octanol–water partition coefficient (Wildman–Crippen LogP) is 3.36. The molecule has 0 N–H and O–H groups in total. The van der Waals surface area contributed by atoms with Gasteiger partial charge >= 0.3 is 0 Å². The van der Waals surface area contributed by atoms with Crippen LogP contribution in [0.2, 0.25) is 0 Å². The Morgan fingerprint density at radius 3 is 2.58 bits per heavy atom. The molecule has 0 bridgehead atoms. The van der Waals surface area contributed by atoms with E-state index in [0.29, 0.717) is 11.1 Å². The summed E-state index contributed by atoms with van der Waals surface area (Å²) < 4.78 is 10.5. The third-order valence-corrected chi connectivity index (χ3v) is 4.07. The molecule has 1 aromatic carbocycles. The normalized spacial score (nSPS) is 10.8. The maximum absolute atomic E-state index is 5.60. The van der Waals surface area contributed by atoms with E-state index in [0.717, 1.165) is 15.7 Å². The summed E-state index contributed by atoms with van der Waals surface area (Å²) in [6, 6.07) is 7.96. The van der Waals surface area contributed by atoms with Crippen LogP contribution in [0.3, 0.4) is 0 Å². The molecular weight excluding hydrogens is 280 g/mol. The Hall–Kier alpha value is -1.73. The van der Waals surface area contributed by atoms with Crippen LogP contribution in [0, 0.1) is 13.8 Å². The Morgan fingerprint density at radius 2 is 1.89 bits per heavy atom. The molecule has 0 aliphatic carbocycles.